The molecule has 1 aromatic carbocycles. The smallest absolute Gasteiger partial charge is 0.184 e. The topological polar surface area (TPSA) is 82.5 Å². The summed E-state index contributed by atoms with van der Waals surface area (Å²) in [5, 5.41) is 8.68. The molecule has 0 saturated carbocycles. The van der Waals surface area contributed by atoms with Crippen molar-refractivity contribution in [1.29, 1.82) is 0 Å². The Kier molecular flexibility index (Phi) is 3.35. The number of hydrogen-bond donors (Lipinski definition) is 1. The molecule has 0 atom stereocenters. The van der Waals surface area contributed by atoms with Crippen LogP contribution in [0.4, 0.5) is 5.82 Å². The number of nitrogens with zero attached hydrogens (tertiary/aromatic N) is 5. The van der Waals surface area contributed by atoms with E-state index >= 15 is 0 Å². The van der Waals surface area contributed by atoms with E-state index in [0.717, 1.165) is 23.4 Å². The van der Waals surface area contributed by atoms with Crippen LogP contribution in [0.15, 0.2) is 36.5 Å². The number of benzene rings is 1. The predicted octanol–water partition coefficient (Wildman–Crippen LogP) is 2.18. The fourth-order valence-corrected chi connectivity index (χ4v) is 2.09. The van der Waals surface area contributed by atoms with Gasteiger partial charge in [0.15, 0.2) is 11.5 Å². The van der Waals surface area contributed by atoms with Crippen LogP contribution in [-0.4, -0.2) is 25.0 Å². The number of nitrogens with two attached hydrogens (primary N) is 1. The summed E-state index contributed by atoms with van der Waals surface area (Å²) >= 11 is 0. The van der Waals surface area contributed by atoms with Gasteiger partial charge in [-0.25, -0.2) is 9.97 Å². The predicted molar refractivity (Wildman–Crippen MR) is 80.9 cm³/mol. The van der Waals surface area contributed by atoms with E-state index < -0.39 is 0 Å². The Morgan fingerprint density at radius 1 is 1.14 bits per heavy atom. The van der Waals surface area contributed by atoms with Crippen LogP contribution in [0.3, 0.4) is 0 Å². The average molecular weight is 280 g/mol. The lowest BCUT2D eigenvalue weighted by Crippen LogP contribution is -2.05. The molecule has 6 nitrogen and oxygen atoms in total. The third-order valence-corrected chi connectivity index (χ3v) is 3.33. The van der Waals surface area contributed by atoms with Crippen LogP contribution in [0.25, 0.3) is 17.2 Å². The highest BCUT2D eigenvalue weighted by Gasteiger charge is 2.12. The van der Waals surface area contributed by atoms with Crippen LogP contribution in [0.1, 0.15) is 18.2 Å². The monoisotopic (exact) mass is 280 g/mol. The fraction of sp³-hybridized carbons (Fsp3) is 0.200. The molecular weight excluding hydrogens is 264 g/mol. The third kappa shape index (κ3) is 2.47. The summed E-state index contributed by atoms with van der Waals surface area (Å²) in [7, 11) is 0. The number of aryl methyl sites for hydroxylation is 1. The highest BCUT2D eigenvalue weighted by atomic mass is 15.5. The van der Waals surface area contributed by atoms with Crippen molar-refractivity contribution < 1.29 is 0 Å². The Labute approximate surface area is 122 Å². The zero-order valence-corrected chi connectivity index (χ0v) is 12.0. The van der Waals surface area contributed by atoms with Gasteiger partial charge in [0, 0.05) is 11.3 Å². The summed E-state index contributed by atoms with van der Waals surface area (Å²) in [6.07, 6.45) is 2.45. The van der Waals surface area contributed by atoms with E-state index in [2.05, 4.69) is 20.2 Å². The van der Waals surface area contributed by atoms with Crippen LogP contribution in [0, 0.1) is 6.92 Å². The normalized spacial score (nSPS) is 10.8. The third-order valence-electron chi connectivity index (χ3n) is 3.33. The van der Waals surface area contributed by atoms with Gasteiger partial charge in [-0.15, -0.1) is 5.10 Å². The molecule has 3 aromatic rings. The van der Waals surface area contributed by atoms with Crippen LogP contribution in [-0.2, 0) is 6.42 Å². The van der Waals surface area contributed by atoms with E-state index in [1.54, 1.807) is 11.0 Å². The number of rotatable bonds is 3. The van der Waals surface area contributed by atoms with Crippen molar-refractivity contribution in [3.05, 3.63) is 47.8 Å². The maximum Gasteiger partial charge on any atom is 0.184 e. The number of hydrogen-bond acceptors (Lipinski definition) is 5. The molecule has 2 heterocycles. The van der Waals surface area contributed by atoms with Crippen molar-refractivity contribution >= 4 is 5.82 Å². The molecule has 0 aliphatic heterocycles. The zero-order chi connectivity index (χ0) is 14.8. The van der Waals surface area contributed by atoms with Crippen molar-refractivity contribution in [2.24, 2.45) is 0 Å². The summed E-state index contributed by atoms with van der Waals surface area (Å²) in [6, 6.07) is 9.70. The van der Waals surface area contributed by atoms with Gasteiger partial charge < -0.3 is 5.73 Å². The zero-order valence-electron chi connectivity index (χ0n) is 12.0. The second kappa shape index (κ2) is 5.32. The second-order valence-electron chi connectivity index (χ2n) is 4.71. The van der Waals surface area contributed by atoms with Gasteiger partial charge in [0.05, 0.1) is 11.9 Å². The maximum absolute atomic E-state index is 5.95. The first-order valence-corrected chi connectivity index (χ1v) is 6.80. The molecule has 6 heteroatoms. The molecular formula is C15H16N6. The summed E-state index contributed by atoms with van der Waals surface area (Å²) in [5.41, 5.74) is 9.31. The minimum Gasteiger partial charge on any atom is -0.383 e. The van der Waals surface area contributed by atoms with E-state index in [0.29, 0.717) is 17.3 Å². The Hall–Kier alpha value is -2.76. The Morgan fingerprint density at radius 3 is 2.62 bits per heavy atom. The van der Waals surface area contributed by atoms with Crippen molar-refractivity contribution in [3.63, 3.8) is 0 Å². The molecule has 0 spiro atoms. The highest BCUT2D eigenvalue weighted by molar-refractivity contribution is 5.53. The summed E-state index contributed by atoms with van der Waals surface area (Å²) in [6.45, 7) is 3.97. The van der Waals surface area contributed by atoms with Gasteiger partial charge in [-0.3, -0.25) is 0 Å². The first-order valence-electron chi connectivity index (χ1n) is 6.80. The number of nitrogen functional groups attached to an aromatic ring is 1. The fourth-order valence-electron chi connectivity index (χ4n) is 2.09. The van der Waals surface area contributed by atoms with E-state index in [4.69, 9.17) is 5.73 Å². The van der Waals surface area contributed by atoms with Crippen molar-refractivity contribution in [3.8, 4) is 17.2 Å². The molecule has 0 radical (unpaired) electrons. The van der Waals surface area contributed by atoms with E-state index in [1.165, 1.54) is 0 Å². The Bertz CT molecular complexity index is 763. The lowest BCUT2D eigenvalue weighted by Gasteiger charge is -2.06. The number of anilines is 1. The average Bonchev–Trinajstić information content (AvgIpc) is 3.00. The largest absolute Gasteiger partial charge is 0.383 e. The van der Waals surface area contributed by atoms with E-state index in [-0.39, 0.29) is 0 Å². The molecule has 106 valence electrons. The van der Waals surface area contributed by atoms with Crippen LogP contribution >= 0.6 is 0 Å². The highest BCUT2D eigenvalue weighted by Crippen LogP contribution is 2.19. The van der Waals surface area contributed by atoms with Crippen LogP contribution < -0.4 is 5.73 Å². The quantitative estimate of drug-likeness (QED) is 0.795. The molecule has 0 saturated heterocycles. The summed E-state index contributed by atoms with van der Waals surface area (Å²) in [5.74, 6) is 1.00. The molecule has 0 aliphatic carbocycles. The van der Waals surface area contributed by atoms with Gasteiger partial charge in [-0.2, -0.15) is 9.90 Å². The molecule has 3 rings (SSSR count). The summed E-state index contributed by atoms with van der Waals surface area (Å²) < 4.78 is 0. The first-order chi connectivity index (χ1) is 10.2. The van der Waals surface area contributed by atoms with Gasteiger partial charge in [-0.05, 0) is 25.5 Å². The number of para-hydroxylation sites is 1. The van der Waals surface area contributed by atoms with Crippen molar-refractivity contribution in [2.75, 3.05) is 5.73 Å². The van der Waals surface area contributed by atoms with Crippen LogP contribution in [0.2, 0.25) is 0 Å². The standard InChI is InChI=1S/C15H16N6/c1-3-12-10(2)14(16)19-15(18-12)13-9-17-21(20-13)11-7-5-4-6-8-11/h4-9H,3H2,1-2H3,(H2,16,18,19). The van der Waals surface area contributed by atoms with E-state index in [9.17, 15) is 0 Å². The molecule has 0 aliphatic rings. The Morgan fingerprint density at radius 2 is 1.90 bits per heavy atom. The lowest BCUT2D eigenvalue weighted by molar-refractivity contribution is 0.752. The molecule has 0 amide bonds. The minimum atomic E-state index is 0.492. The maximum atomic E-state index is 5.95. The van der Waals surface area contributed by atoms with Gasteiger partial charge in [0.25, 0.3) is 0 Å². The van der Waals surface area contributed by atoms with Crippen molar-refractivity contribution in [2.45, 2.75) is 20.3 Å². The van der Waals surface area contributed by atoms with Gasteiger partial charge >= 0.3 is 0 Å². The van der Waals surface area contributed by atoms with Gasteiger partial charge in [0.1, 0.15) is 5.82 Å². The first kappa shape index (κ1) is 13.2. The minimum absolute atomic E-state index is 0.492. The lowest BCUT2D eigenvalue weighted by atomic mass is 10.2. The van der Waals surface area contributed by atoms with Crippen LogP contribution in [0.5, 0.6) is 0 Å². The molecule has 0 bridgehead atoms. The van der Waals surface area contributed by atoms with Gasteiger partial charge in [0.2, 0.25) is 0 Å². The second-order valence-corrected chi connectivity index (χ2v) is 4.71. The number of aromatic nitrogens is 5. The molecule has 0 unspecified atom stereocenters. The van der Waals surface area contributed by atoms with E-state index in [1.807, 2.05) is 44.2 Å². The molecule has 2 aromatic heterocycles. The Balaban J connectivity index is 2.03. The summed E-state index contributed by atoms with van der Waals surface area (Å²) in [4.78, 5) is 10.4. The molecule has 2 N–H and O–H groups in total. The molecule has 0 fully saturated rings. The van der Waals surface area contributed by atoms with Crippen molar-refractivity contribution in [1.82, 2.24) is 25.0 Å². The van der Waals surface area contributed by atoms with Gasteiger partial charge in [-0.1, -0.05) is 25.1 Å². The molecule has 21 heavy (non-hydrogen) atoms. The SMILES string of the molecule is CCc1nc(-c2cnn(-c3ccccc3)n2)nc(N)c1C.